The lowest BCUT2D eigenvalue weighted by atomic mass is 10.2. The lowest BCUT2D eigenvalue weighted by Crippen LogP contribution is -2.44. The molecule has 0 radical (unpaired) electrons. The van der Waals surface area contributed by atoms with Gasteiger partial charge in [-0.2, -0.15) is 0 Å². The number of hydrogen-bond acceptors (Lipinski definition) is 7. The van der Waals surface area contributed by atoms with Crippen molar-refractivity contribution in [3.8, 4) is 0 Å². The van der Waals surface area contributed by atoms with Crippen LogP contribution in [0.2, 0.25) is 0 Å². The summed E-state index contributed by atoms with van der Waals surface area (Å²) in [5.41, 5.74) is -0.297. The fourth-order valence-corrected chi connectivity index (χ4v) is 4.73. The molecule has 0 spiro atoms. The first-order chi connectivity index (χ1) is 12.6. The molecule has 1 aromatic rings. The highest BCUT2D eigenvalue weighted by atomic mass is 32.2. The minimum atomic E-state index is -3.15. The molecule has 0 N–H and O–H groups in total. The van der Waals surface area contributed by atoms with Crippen molar-refractivity contribution in [2.24, 2.45) is 7.05 Å². The molecule has 1 unspecified atom stereocenters. The van der Waals surface area contributed by atoms with Crippen LogP contribution in [0.15, 0.2) is 12.3 Å². The van der Waals surface area contributed by atoms with E-state index in [1.807, 2.05) is 6.92 Å². The SMILES string of the molecule is CCCCN(C(=O)COC(=O)c1cc([N+](=O)[O-])cn1C)C1CCS(=O)(=O)C1. The van der Waals surface area contributed by atoms with Crippen LogP contribution in [0.4, 0.5) is 5.69 Å². The van der Waals surface area contributed by atoms with Gasteiger partial charge in [-0.25, -0.2) is 13.2 Å². The van der Waals surface area contributed by atoms with Crippen LogP contribution in [0.5, 0.6) is 0 Å². The molecule has 2 rings (SSSR count). The summed E-state index contributed by atoms with van der Waals surface area (Å²) in [5, 5.41) is 10.8. The highest BCUT2D eigenvalue weighted by molar-refractivity contribution is 7.91. The number of sulfone groups is 1. The van der Waals surface area contributed by atoms with E-state index in [-0.39, 0.29) is 22.9 Å². The van der Waals surface area contributed by atoms with E-state index in [2.05, 4.69) is 0 Å². The third-order valence-corrected chi connectivity index (χ3v) is 6.21. The van der Waals surface area contributed by atoms with Crippen molar-refractivity contribution in [2.75, 3.05) is 24.7 Å². The molecule has 1 aliphatic heterocycles. The number of nitrogens with zero attached hydrogens (tertiary/aromatic N) is 3. The van der Waals surface area contributed by atoms with Crippen molar-refractivity contribution in [3.05, 3.63) is 28.1 Å². The molecule has 10 nitrogen and oxygen atoms in total. The maximum atomic E-state index is 12.5. The molecule has 0 saturated carbocycles. The quantitative estimate of drug-likeness (QED) is 0.359. The first-order valence-electron chi connectivity index (χ1n) is 8.62. The topological polar surface area (TPSA) is 129 Å². The van der Waals surface area contributed by atoms with E-state index in [0.29, 0.717) is 19.4 Å². The summed E-state index contributed by atoms with van der Waals surface area (Å²) in [6.45, 7) is 1.80. The molecule has 2 heterocycles. The summed E-state index contributed by atoms with van der Waals surface area (Å²) in [5.74, 6) is -1.36. The molecule has 1 atom stereocenters. The zero-order valence-corrected chi connectivity index (χ0v) is 16.1. The van der Waals surface area contributed by atoms with E-state index in [0.717, 1.165) is 12.5 Å². The Morgan fingerprint density at radius 2 is 2.15 bits per heavy atom. The van der Waals surface area contributed by atoms with Gasteiger partial charge in [-0.3, -0.25) is 14.9 Å². The third-order valence-electron chi connectivity index (χ3n) is 4.46. The van der Waals surface area contributed by atoms with Gasteiger partial charge in [-0.1, -0.05) is 13.3 Å². The number of rotatable bonds is 8. The Bertz CT molecular complexity index is 831. The van der Waals surface area contributed by atoms with Gasteiger partial charge in [0.25, 0.3) is 11.6 Å². The van der Waals surface area contributed by atoms with Crippen LogP contribution in [0.25, 0.3) is 0 Å². The molecule has 150 valence electrons. The van der Waals surface area contributed by atoms with Gasteiger partial charge < -0.3 is 14.2 Å². The monoisotopic (exact) mass is 401 g/mol. The van der Waals surface area contributed by atoms with Crippen LogP contribution >= 0.6 is 0 Å². The Labute approximate surface area is 157 Å². The smallest absolute Gasteiger partial charge is 0.355 e. The summed E-state index contributed by atoms with van der Waals surface area (Å²) < 4.78 is 29.7. The average molecular weight is 401 g/mol. The second-order valence-corrected chi connectivity index (χ2v) is 8.75. The van der Waals surface area contributed by atoms with Gasteiger partial charge >= 0.3 is 5.97 Å². The molecular formula is C16H23N3O7S. The maximum Gasteiger partial charge on any atom is 0.355 e. The number of hydrogen-bond donors (Lipinski definition) is 0. The molecule has 0 bridgehead atoms. The molecule has 1 fully saturated rings. The first-order valence-corrected chi connectivity index (χ1v) is 10.4. The number of carbonyl (C=O) groups excluding carboxylic acids is 2. The second-order valence-electron chi connectivity index (χ2n) is 6.53. The Hall–Kier alpha value is -2.43. The van der Waals surface area contributed by atoms with Crippen molar-refractivity contribution in [1.29, 1.82) is 0 Å². The number of nitro groups is 1. The Kier molecular flexibility index (Phi) is 6.58. The van der Waals surface area contributed by atoms with Crippen LogP contribution in [-0.4, -0.2) is 65.4 Å². The predicted octanol–water partition coefficient (Wildman–Crippen LogP) is 0.906. The summed E-state index contributed by atoms with van der Waals surface area (Å²) in [7, 11) is -1.69. The van der Waals surface area contributed by atoms with Crippen LogP contribution < -0.4 is 0 Å². The number of aromatic nitrogens is 1. The zero-order chi connectivity index (χ0) is 20.2. The molecule has 0 aliphatic carbocycles. The molecular weight excluding hydrogens is 378 g/mol. The van der Waals surface area contributed by atoms with E-state index in [1.165, 1.54) is 22.7 Å². The van der Waals surface area contributed by atoms with E-state index < -0.39 is 39.3 Å². The fraction of sp³-hybridized carbons (Fsp3) is 0.625. The van der Waals surface area contributed by atoms with E-state index >= 15 is 0 Å². The first kappa shape index (κ1) is 20.9. The lowest BCUT2D eigenvalue weighted by molar-refractivity contribution is -0.384. The maximum absolute atomic E-state index is 12.5. The Morgan fingerprint density at radius 1 is 1.44 bits per heavy atom. The van der Waals surface area contributed by atoms with E-state index in [1.54, 1.807) is 0 Å². The van der Waals surface area contributed by atoms with Gasteiger partial charge in [0, 0.05) is 25.7 Å². The molecule has 27 heavy (non-hydrogen) atoms. The summed E-state index contributed by atoms with van der Waals surface area (Å²) >= 11 is 0. The van der Waals surface area contributed by atoms with Crippen molar-refractivity contribution in [3.63, 3.8) is 0 Å². The number of esters is 1. The third kappa shape index (κ3) is 5.28. The average Bonchev–Trinajstić information content (AvgIpc) is 3.15. The van der Waals surface area contributed by atoms with Crippen molar-refractivity contribution in [2.45, 2.75) is 32.2 Å². The Morgan fingerprint density at radius 3 is 2.67 bits per heavy atom. The van der Waals surface area contributed by atoms with Gasteiger partial charge in [0.2, 0.25) is 0 Å². The summed E-state index contributed by atoms with van der Waals surface area (Å²) in [4.78, 5) is 36.3. The minimum absolute atomic E-state index is 0.0420. The lowest BCUT2D eigenvalue weighted by Gasteiger charge is -2.28. The van der Waals surface area contributed by atoms with Crippen molar-refractivity contribution >= 4 is 27.4 Å². The van der Waals surface area contributed by atoms with Gasteiger partial charge in [-0.05, 0) is 12.8 Å². The van der Waals surface area contributed by atoms with Crippen LogP contribution in [-0.2, 0) is 26.4 Å². The fourth-order valence-electron chi connectivity index (χ4n) is 2.99. The Balaban J connectivity index is 2.02. The molecule has 1 saturated heterocycles. The highest BCUT2D eigenvalue weighted by Gasteiger charge is 2.34. The molecule has 1 aromatic heterocycles. The minimum Gasteiger partial charge on any atom is -0.451 e. The highest BCUT2D eigenvalue weighted by Crippen LogP contribution is 2.19. The molecule has 1 amide bonds. The second kappa shape index (κ2) is 8.51. The number of aryl methyl sites for hydroxylation is 1. The van der Waals surface area contributed by atoms with Crippen LogP contribution in [0.3, 0.4) is 0 Å². The number of ether oxygens (including phenoxy) is 1. The van der Waals surface area contributed by atoms with Gasteiger partial charge in [-0.15, -0.1) is 0 Å². The molecule has 0 aromatic carbocycles. The zero-order valence-electron chi connectivity index (χ0n) is 15.3. The van der Waals surface area contributed by atoms with Crippen LogP contribution in [0, 0.1) is 10.1 Å². The number of amides is 1. The largest absolute Gasteiger partial charge is 0.451 e. The van der Waals surface area contributed by atoms with Crippen LogP contribution in [0.1, 0.15) is 36.7 Å². The van der Waals surface area contributed by atoms with Gasteiger partial charge in [0.1, 0.15) is 5.69 Å². The normalized spacial score (nSPS) is 18.2. The number of unbranched alkanes of at least 4 members (excludes halogenated alkanes) is 1. The van der Waals surface area contributed by atoms with E-state index in [9.17, 15) is 28.1 Å². The summed E-state index contributed by atoms with van der Waals surface area (Å²) in [6.07, 6.45) is 3.08. The van der Waals surface area contributed by atoms with Crippen molar-refractivity contribution < 1.29 is 27.7 Å². The predicted molar refractivity (Wildman–Crippen MR) is 96.0 cm³/mol. The standard InChI is InChI=1S/C16H23N3O7S/c1-3-4-6-18(12-5-7-27(24,25)11-12)15(20)10-26-16(21)14-8-13(19(22)23)9-17(14)2/h8-9,12H,3-7,10-11H2,1-2H3. The van der Waals surface area contributed by atoms with Gasteiger partial charge in [0.15, 0.2) is 16.4 Å². The number of carbonyl (C=O) groups is 2. The molecule has 11 heteroatoms. The molecule has 1 aliphatic rings. The van der Waals surface area contributed by atoms with Gasteiger partial charge in [0.05, 0.1) is 22.6 Å². The summed E-state index contributed by atoms with van der Waals surface area (Å²) in [6, 6.07) is 0.662. The van der Waals surface area contributed by atoms with Crippen molar-refractivity contribution in [1.82, 2.24) is 9.47 Å². The van der Waals surface area contributed by atoms with E-state index in [4.69, 9.17) is 4.74 Å².